The maximum absolute atomic E-state index is 12.7. The minimum Gasteiger partial charge on any atom is -0.477 e. The first-order chi connectivity index (χ1) is 16.5. The summed E-state index contributed by atoms with van der Waals surface area (Å²) < 4.78 is 1.72. The quantitative estimate of drug-likeness (QED) is 0.386. The fourth-order valence-electron chi connectivity index (χ4n) is 5.07. The molecule has 0 unspecified atom stereocenters. The van der Waals surface area contributed by atoms with E-state index in [1.165, 1.54) is 17.3 Å². The van der Waals surface area contributed by atoms with Crippen molar-refractivity contribution in [3.8, 4) is 11.1 Å². The Hall–Kier alpha value is -4.46. The molecule has 0 aliphatic heterocycles. The number of fused-ring (bicyclic) bond motifs is 3. The molecule has 4 heterocycles. The molecule has 3 N–H and O–H groups in total. The van der Waals surface area contributed by atoms with Crippen LogP contribution in [0, 0.1) is 0 Å². The van der Waals surface area contributed by atoms with Crippen LogP contribution in [-0.2, 0) is 19.4 Å². The van der Waals surface area contributed by atoms with Gasteiger partial charge >= 0.3 is 5.97 Å². The van der Waals surface area contributed by atoms with Crippen molar-refractivity contribution in [1.29, 1.82) is 0 Å². The second-order valence-electron chi connectivity index (χ2n) is 8.60. The van der Waals surface area contributed by atoms with Gasteiger partial charge in [-0.2, -0.15) is 0 Å². The average Bonchev–Trinajstić information content (AvgIpc) is 3.41. The fraction of sp³-hybridized carbons (Fsp3) is 0.154. The van der Waals surface area contributed by atoms with Crippen LogP contribution >= 0.6 is 0 Å². The number of hydrogen-bond acceptors (Lipinski definition) is 4. The molecule has 0 spiro atoms. The Morgan fingerprint density at radius 3 is 2.59 bits per heavy atom. The number of pyridine rings is 3. The molecular weight excluding hydrogens is 432 g/mol. The van der Waals surface area contributed by atoms with Crippen molar-refractivity contribution in [3.05, 3.63) is 98.1 Å². The van der Waals surface area contributed by atoms with Crippen LogP contribution in [0.5, 0.6) is 0 Å². The zero-order chi connectivity index (χ0) is 23.4. The number of rotatable bonds is 4. The van der Waals surface area contributed by atoms with E-state index < -0.39 is 5.97 Å². The maximum atomic E-state index is 12.7. The van der Waals surface area contributed by atoms with E-state index in [1.54, 1.807) is 41.2 Å². The van der Waals surface area contributed by atoms with Gasteiger partial charge in [0.05, 0.1) is 10.9 Å². The molecule has 6 rings (SSSR count). The summed E-state index contributed by atoms with van der Waals surface area (Å²) >= 11 is 0. The minimum atomic E-state index is -1.12. The van der Waals surface area contributed by atoms with Crippen LogP contribution < -0.4 is 11.1 Å². The Bertz CT molecular complexity index is 1740. The van der Waals surface area contributed by atoms with Gasteiger partial charge in [0.15, 0.2) is 0 Å². The third kappa shape index (κ3) is 3.07. The first kappa shape index (κ1) is 20.2. The average molecular weight is 452 g/mol. The Morgan fingerprint density at radius 2 is 1.79 bits per heavy atom. The minimum absolute atomic E-state index is 0.0393. The van der Waals surface area contributed by atoms with Crippen molar-refractivity contribution in [1.82, 2.24) is 19.5 Å². The largest absolute Gasteiger partial charge is 0.477 e. The molecule has 0 fully saturated rings. The summed E-state index contributed by atoms with van der Waals surface area (Å²) in [4.78, 5) is 47.3. The molecule has 1 aromatic carbocycles. The van der Waals surface area contributed by atoms with Crippen LogP contribution in [0.2, 0.25) is 0 Å². The van der Waals surface area contributed by atoms with Gasteiger partial charge in [0.25, 0.3) is 11.1 Å². The van der Waals surface area contributed by atoms with Crippen molar-refractivity contribution in [2.75, 3.05) is 0 Å². The maximum Gasteiger partial charge on any atom is 0.353 e. The number of carboxylic acid groups (broad SMARTS) is 1. The molecule has 0 bridgehead atoms. The molecule has 5 aromatic rings. The molecule has 0 saturated heterocycles. The van der Waals surface area contributed by atoms with Crippen LogP contribution in [-0.4, -0.2) is 30.6 Å². The number of aromatic carboxylic acids is 1. The van der Waals surface area contributed by atoms with E-state index in [9.17, 15) is 19.5 Å². The van der Waals surface area contributed by atoms with E-state index in [-0.39, 0.29) is 23.4 Å². The van der Waals surface area contributed by atoms with Crippen molar-refractivity contribution in [2.45, 2.75) is 25.8 Å². The van der Waals surface area contributed by atoms with Gasteiger partial charge in [0.2, 0.25) is 0 Å². The van der Waals surface area contributed by atoms with Crippen molar-refractivity contribution in [3.63, 3.8) is 0 Å². The lowest BCUT2D eigenvalue weighted by atomic mass is 10.00. The van der Waals surface area contributed by atoms with Gasteiger partial charge in [-0.05, 0) is 72.4 Å². The second kappa shape index (κ2) is 7.55. The van der Waals surface area contributed by atoms with Crippen LogP contribution in [0.15, 0.2) is 64.6 Å². The van der Waals surface area contributed by atoms with E-state index in [1.807, 2.05) is 12.1 Å². The number of aromatic nitrogens is 4. The van der Waals surface area contributed by atoms with Crippen LogP contribution in [0.25, 0.3) is 32.9 Å². The molecule has 0 radical (unpaired) electrons. The topological polar surface area (TPSA) is 121 Å². The number of carbonyl (C=O) groups is 1. The van der Waals surface area contributed by atoms with Gasteiger partial charge in [0, 0.05) is 47.2 Å². The Balaban J connectivity index is 1.65. The molecular formula is C26H20N4O4. The Kier molecular flexibility index (Phi) is 4.48. The Morgan fingerprint density at radius 1 is 1.00 bits per heavy atom. The molecule has 4 aromatic heterocycles. The molecule has 34 heavy (non-hydrogen) atoms. The highest BCUT2D eigenvalue weighted by molar-refractivity contribution is 6.08. The van der Waals surface area contributed by atoms with Crippen LogP contribution in [0.4, 0.5) is 0 Å². The van der Waals surface area contributed by atoms with E-state index in [4.69, 9.17) is 0 Å². The van der Waals surface area contributed by atoms with Gasteiger partial charge in [-0.15, -0.1) is 0 Å². The van der Waals surface area contributed by atoms with Crippen molar-refractivity contribution in [2.24, 2.45) is 0 Å². The summed E-state index contributed by atoms with van der Waals surface area (Å²) in [6, 6.07) is 10.9. The number of aromatic amines is 2. The predicted octanol–water partition coefficient (Wildman–Crippen LogP) is 3.47. The zero-order valence-corrected chi connectivity index (χ0v) is 18.1. The number of benzene rings is 1. The molecule has 8 nitrogen and oxygen atoms in total. The number of carboxylic acids is 1. The third-order valence-corrected chi connectivity index (χ3v) is 6.58. The fourth-order valence-corrected chi connectivity index (χ4v) is 5.07. The number of hydrogen-bond donors (Lipinski definition) is 3. The van der Waals surface area contributed by atoms with Gasteiger partial charge in [-0.3, -0.25) is 14.6 Å². The van der Waals surface area contributed by atoms with E-state index in [0.717, 1.165) is 30.2 Å². The Labute approximate surface area is 192 Å². The highest BCUT2D eigenvalue weighted by Crippen LogP contribution is 2.38. The summed E-state index contributed by atoms with van der Waals surface area (Å²) in [7, 11) is 0. The van der Waals surface area contributed by atoms with Crippen LogP contribution in [0.1, 0.15) is 33.6 Å². The second-order valence-corrected chi connectivity index (χ2v) is 8.60. The lowest BCUT2D eigenvalue weighted by molar-refractivity contribution is 0.0687. The third-order valence-electron chi connectivity index (χ3n) is 6.58. The summed E-state index contributed by atoms with van der Waals surface area (Å²) in [6.45, 7) is 0.193. The van der Waals surface area contributed by atoms with Gasteiger partial charge in [-0.25, -0.2) is 4.79 Å². The lowest BCUT2D eigenvalue weighted by Crippen LogP contribution is -2.14. The summed E-state index contributed by atoms with van der Waals surface area (Å²) in [5, 5.41) is 11.5. The monoisotopic (exact) mass is 452 g/mol. The first-order valence-electron chi connectivity index (χ1n) is 11.1. The van der Waals surface area contributed by atoms with Gasteiger partial charge in [0.1, 0.15) is 5.69 Å². The summed E-state index contributed by atoms with van der Waals surface area (Å²) in [6.07, 6.45) is 7.65. The predicted molar refractivity (Wildman–Crippen MR) is 128 cm³/mol. The molecule has 0 saturated carbocycles. The highest BCUT2D eigenvalue weighted by Gasteiger charge is 2.27. The highest BCUT2D eigenvalue weighted by atomic mass is 16.4. The van der Waals surface area contributed by atoms with Crippen molar-refractivity contribution >= 4 is 27.8 Å². The smallest absolute Gasteiger partial charge is 0.353 e. The van der Waals surface area contributed by atoms with E-state index >= 15 is 0 Å². The SMILES string of the molecule is O=C(O)c1c(-c2ccc[nH]c2=O)c2cc3c(cc2n1Cc1cnc2cc[nH]c(=O)c2c1)CCC3. The van der Waals surface area contributed by atoms with Gasteiger partial charge in [-0.1, -0.05) is 0 Å². The lowest BCUT2D eigenvalue weighted by Gasteiger charge is -2.10. The van der Waals surface area contributed by atoms with E-state index in [2.05, 4.69) is 15.0 Å². The molecule has 168 valence electrons. The first-order valence-corrected chi connectivity index (χ1v) is 11.1. The normalized spacial score (nSPS) is 12.9. The number of nitrogens with zero attached hydrogens (tertiary/aromatic N) is 2. The van der Waals surface area contributed by atoms with Crippen molar-refractivity contribution < 1.29 is 9.90 Å². The van der Waals surface area contributed by atoms with Crippen LogP contribution in [0.3, 0.4) is 0 Å². The number of nitrogens with one attached hydrogen (secondary N) is 2. The number of H-pyrrole nitrogens is 2. The molecule has 0 atom stereocenters. The zero-order valence-electron chi connectivity index (χ0n) is 18.1. The molecule has 0 amide bonds. The molecule has 1 aliphatic rings. The summed E-state index contributed by atoms with van der Waals surface area (Å²) in [5.41, 5.74) is 4.56. The molecule has 1 aliphatic carbocycles. The molecule has 8 heteroatoms. The summed E-state index contributed by atoms with van der Waals surface area (Å²) in [5.74, 6) is -1.12. The van der Waals surface area contributed by atoms with Gasteiger partial charge < -0.3 is 19.6 Å². The number of aryl methyl sites for hydroxylation is 2. The van der Waals surface area contributed by atoms with E-state index in [0.29, 0.717) is 27.6 Å². The standard InChI is InChI=1S/C26H20N4O4/c31-24-17(5-2-7-27-24)22-19-10-15-3-1-4-16(15)11-21(19)30(23(22)26(33)34)13-14-9-18-20(29-12-14)6-8-28-25(18)32/h2,5-12H,1,3-4,13H2,(H,27,31)(H,28,32)(H,33,34).